The maximum absolute atomic E-state index is 10.8. The third kappa shape index (κ3) is 3.14. The van der Waals surface area contributed by atoms with E-state index < -0.39 is 5.97 Å². The van der Waals surface area contributed by atoms with Crippen molar-refractivity contribution in [1.82, 2.24) is 0 Å². The fraction of sp³-hybridized carbons (Fsp3) is 0.417. The van der Waals surface area contributed by atoms with Gasteiger partial charge in [-0.1, -0.05) is 24.9 Å². The normalized spacial score (nSPS) is 10.2. The quantitative estimate of drug-likeness (QED) is 0.860. The highest BCUT2D eigenvalue weighted by Gasteiger charge is 2.10. The Hall–Kier alpha value is -1.22. The first kappa shape index (κ1) is 12.8. The van der Waals surface area contributed by atoms with Crippen LogP contribution in [0.25, 0.3) is 0 Å². The molecule has 0 aliphatic rings. The monoisotopic (exact) mass is 241 g/mol. The minimum atomic E-state index is -0.993. The number of benzene rings is 1. The number of carbonyl (C=O) groups is 1. The van der Waals surface area contributed by atoms with Crippen LogP contribution >= 0.6 is 11.6 Å². The number of halogens is 1. The third-order valence-corrected chi connectivity index (χ3v) is 2.78. The van der Waals surface area contributed by atoms with Gasteiger partial charge >= 0.3 is 5.97 Å². The second-order valence-corrected chi connectivity index (χ2v) is 4.15. The lowest BCUT2D eigenvalue weighted by molar-refractivity contribution is 0.0697. The number of rotatable bonds is 5. The van der Waals surface area contributed by atoms with Crippen LogP contribution in [0, 0.1) is 0 Å². The van der Waals surface area contributed by atoms with Gasteiger partial charge < -0.3 is 10.0 Å². The van der Waals surface area contributed by atoms with Crippen molar-refractivity contribution in [3.63, 3.8) is 0 Å². The molecule has 0 saturated heterocycles. The van der Waals surface area contributed by atoms with Crippen LogP contribution in [0.5, 0.6) is 0 Å². The Morgan fingerprint density at radius 2 is 2.19 bits per heavy atom. The molecule has 0 spiro atoms. The Morgan fingerprint density at radius 3 is 2.69 bits per heavy atom. The summed E-state index contributed by atoms with van der Waals surface area (Å²) < 4.78 is 0. The number of nitrogens with zero attached hydrogens (tertiary/aromatic N) is 1. The summed E-state index contributed by atoms with van der Waals surface area (Å²) in [5.41, 5.74) is 1.10. The molecule has 1 rings (SSSR count). The third-order valence-electron chi connectivity index (χ3n) is 2.47. The summed E-state index contributed by atoms with van der Waals surface area (Å²) in [6, 6.07) is 5.02. The SMILES string of the molecule is CCCCN(C)c1ccc(C(=O)O)c(Cl)c1. The van der Waals surface area contributed by atoms with Crippen molar-refractivity contribution in [3.8, 4) is 0 Å². The molecule has 0 atom stereocenters. The van der Waals surface area contributed by atoms with Crippen molar-refractivity contribution < 1.29 is 9.90 Å². The van der Waals surface area contributed by atoms with Crippen molar-refractivity contribution in [2.45, 2.75) is 19.8 Å². The van der Waals surface area contributed by atoms with Gasteiger partial charge in [0, 0.05) is 19.3 Å². The number of hydrogen-bond acceptors (Lipinski definition) is 2. The van der Waals surface area contributed by atoms with Crippen LogP contribution in [0.4, 0.5) is 5.69 Å². The zero-order valence-electron chi connectivity index (χ0n) is 9.53. The van der Waals surface area contributed by atoms with Crippen LogP contribution in [0.2, 0.25) is 5.02 Å². The van der Waals surface area contributed by atoms with E-state index in [1.165, 1.54) is 0 Å². The molecule has 0 bridgehead atoms. The predicted octanol–water partition coefficient (Wildman–Crippen LogP) is 3.27. The number of aromatic carboxylic acids is 1. The highest BCUT2D eigenvalue weighted by Crippen LogP contribution is 2.23. The summed E-state index contributed by atoms with van der Waals surface area (Å²) in [5, 5.41) is 9.12. The Labute approximate surface area is 101 Å². The molecule has 0 saturated carbocycles. The molecule has 0 aliphatic heterocycles. The van der Waals surface area contributed by atoms with E-state index in [-0.39, 0.29) is 10.6 Å². The van der Waals surface area contributed by atoms with Gasteiger partial charge in [-0.15, -0.1) is 0 Å². The second kappa shape index (κ2) is 5.75. The molecule has 16 heavy (non-hydrogen) atoms. The summed E-state index contributed by atoms with van der Waals surface area (Å²) in [6.45, 7) is 3.08. The Kier molecular flexibility index (Phi) is 4.62. The lowest BCUT2D eigenvalue weighted by Gasteiger charge is -2.19. The molecular formula is C12H16ClNO2. The van der Waals surface area contributed by atoms with Gasteiger partial charge in [-0.2, -0.15) is 0 Å². The summed E-state index contributed by atoms with van der Waals surface area (Å²) >= 11 is 5.89. The predicted molar refractivity (Wildman–Crippen MR) is 66.6 cm³/mol. The van der Waals surface area contributed by atoms with Gasteiger partial charge in [0.2, 0.25) is 0 Å². The lowest BCUT2D eigenvalue weighted by atomic mass is 10.2. The van der Waals surface area contributed by atoms with Crippen LogP contribution in [0.1, 0.15) is 30.1 Å². The van der Waals surface area contributed by atoms with E-state index in [0.717, 1.165) is 25.1 Å². The minimum Gasteiger partial charge on any atom is -0.478 e. The van der Waals surface area contributed by atoms with E-state index in [1.807, 2.05) is 7.05 Å². The Morgan fingerprint density at radius 1 is 1.50 bits per heavy atom. The molecule has 0 radical (unpaired) electrons. The zero-order valence-corrected chi connectivity index (χ0v) is 10.3. The number of carboxylic acid groups (broad SMARTS) is 1. The number of unbranched alkanes of at least 4 members (excludes halogenated alkanes) is 1. The van der Waals surface area contributed by atoms with E-state index in [4.69, 9.17) is 16.7 Å². The van der Waals surface area contributed by atoms with Gasteiger partial charge in [0.1, 0.15) is 0 Å². The highest BCUT2D eigenvalue weighted by molar-refractivity contribution is 6.33. The molecule has 88 valence electrons. The van der Waals surface area contributed by atoms with Crippen molar-refractivity contribution >= 4 is 23.3 Å². The van der Waals surface area contributed by atoms with Crippen LogP contribution in [-0.4, -0.2) is 24.7 Å². The Balaban J connectivity index is 2.84. The van der Waals surface area contributed by atoms with E-state index in [9.17, 15) is 4.79 Å². The fourth-order valence-corrected chi connectivity index (χ4v) is 1.69. The molecule has 0 aliphatic carbocycles. The van der Waals surface area contributed by atoms with Crippen molar-refractivity contribution in [1.29, 1.82) is 0 Å². The summed E-state index contributed by atoms with van der Waals surface area (Å²) in [4.78, 5) is 12.8. The van der Waals surface area contributed by atoms with Gasteiger partial charge in [0.25, 0.3) is 0 Å². The molecule has 1 aromatic rings. The first-order valence-corrected chi connectivity index (χ1v) is 5.68. The van der Waals surface area contributed by atoms with Gasteiger partial charge in [0.15, 0.2) is 0 Å². The summed E-state index contributed by atoms with van der Waals surface area (Å²) in [6.07, 6.45) is 2.24. The minimum absolute atomic E-state index is 0.148. The van der Waals surface area contributed by atoms with Gasteiger partial charge in [-0.3, -0.25) is 0 Å². The summed E-state index contributed by atoms with van der Waals surface area (Å²) in [7, 11) is 1.97. The number of anilines is 1. The molecule has 1 N–H and O–H groups in total. The molecule has 0 fully saturated rings. The molecular weight excluding hydrogens is 226 g/mol. The molecule has 0 unspecified atom stereocenters. The van der Waals surface area contributed by atoms with E-state index >= 15 is 0 Å². The molecule has 0 heterocycles. The molecule has 3 nitrogen and oxygen atoms in total. The standard InChI is InChI=1S/C12H16ClNO2/c1-3-4-7-14(2)9-5-6-10(12(15)16)11(13)8-9/h5-6,8H,3-4,7H2,1-2H3,(H,15,16). The average molecular weight is 242 g/mol. The topological polar surface area (TPSA) is 40.5 Å². The van der Waals surface area contributed by atoms with Gasteiger partial charge in [-0.05, 0) is 24.6 Å². The fourth-order valence-electron chi connectivity index (χ4n) is 1.44. The van der Waals surface area contributed by atoms with Crippen LogP contribution < -0.4 is 4.90 Å². The number of carboxylic acids is 1. The van der Waals surface area contributed by atoms with E-state index in [1.54, 1.807) is 18.2 Å². The van der Waals surface area contributed by atoms with E-state index in [2.05, 4.69) is 11.8 Å². The smallest absolute Gasteiger partial charge is 0.337 e. The molecule has 1 aromatic carbocycles. The van der Waals surface area contributed by atoms with Gasteiger partial charge in [-0.25, -0.2) is 4.79 Å². The zero-order chi connectivity index (χ0) is 12.1. The van der Waals surface area contributed by atoms with Crippen molar-refractivity contribution in [2.24, 2.45) is 0 Å². The average Bonchev–Trinajstić information content (AvgIpc) is 2.25. The molecule has 4 heteroatoms. The first-order chi connectivity index (χ1) is 7.56. The number of hydrogen-bond donors (Lipinski definition) is 1. The van der Waals surface area contributed by atoms with Crippen molar-refractivity contribution in [2.75, 3.05) is 18.5 Å². The lowest BCUT2D eigenvalue weighted by Crippen LogP contribution is -2.18. The van der Waals surface area contributed by atoms with Gasteiger partial charge in [0.05, 0.1) is 10.6 Å². The van der Waals surface area contributed by atoms with Crippen LogP contribution in [0.15, 0.2) is 18.2 Å². The van der Waals surface area contributed by atoms with Crippen LogP contribution in [-0.2, 0) is 0 Å². The molecule has 0 aromatic heterocycles. The van der Waals surface area contributed by atoms with Crippen molar-refractivity contribution in [3.05, 3.63) is 28.8 Å². The van der Waals surface area contributed by atoms with Crippen LogP contribution in [0.3, 0.4) is 0 Å². The Bertz CT molecular complexity index is 379. The molecule has 0 amide bonds. The highest BCUT2D eigenvalue weighted by atomic mass is 35.5. The maximum Gasteiger partial charge on any atom is 0.337 e. The maximum atomic E-state index is 10.8. The van der Waals surface area contributed by atoms with E-state index in [0.29, 0.717) is 0 Å². The largest absolute Gasteiger partial charge is 0.478 e. The summed E-state index contributed by atoms with van der Waals surface area (Å²) in [5.74, 6) is -0.993. The first-order valence-electron chi connectivity index (χ1n) is 5.30. The second-order valence-electron chi connectivity index (χ2n) is 3.74.